The fraction of sp³-hybridized carbons (Fsp3) is 0.722. The predicted octanol–water partition coefficient (Wildman–Crippen LogP) is 3.38. The van der Waals surface area contributed by atoms with E-state index in [-0.39, 0.29) is 44.3 Å². The normalized spacial score (nSPS) is 43.7. The van der Waals surface area contributed by atoms with Crippen LogP contribution >= 0.6 is 0 Å². The third kappa shape index (κ3) is 4.77. The van der Waals surface area contributed by atoms with Gasteiger partial charge in [0.1, 0.15) is 0 Å². The van der Waals surface area contributed by atoms with Crippen molar-refractivity contribution in [3.05, 3.63) is 23.8 Å². The van der Waals surface area contributed by atoms with Crippen LogP contribution in [0, 0.1) is 34.5 Å². The molecule has 5 aliphatic carbocycles. The largest absolute Gasteiger partial charge is 0.457 e. The van der Waals surface area contributed by atoms with E-state index in [1.807, 2.05) is 6.92 Å². The number of rotatable bonds is 6. The Bertz CT molecular complexity index is 1570. The lowest BCUT2D eigenvalue weighted by atomic mass is 9.44. The van der Waals surface area contributed by atoms with Crippen LogP contribution in [0.3, 0.4) is 0 Å². The highest BCUT2D eigenvalue weighted by molar-refractivity contribution is 6.02. The highest BCUT2D eigenvalue weighted by Crippen LogP contribution is 2.72. The number of aliphatic hydroxyl groups is 1. The first kappa shape index (κ1) is 34.2. The monoisotopic (exact) mass is 685 g/mol. The molecule has 2 aliphatic heterocycles. The van der Waals surface area contributed by atoms with Crippen molar-refractivity contribution in [3.8, 4) is 0 Å². The van der Waals surface area contributed by atoms with Crippen molar-refractivity contribution in [1.82, 2.24) is 5.06 Å². The molecule has 6 fully saturated rings. The molecule has 0 aromatic rings. The molecule has 0 aromatic carbocycles. The summed E-state index contributed by atoms with van der Waals surface area (Å²) in [5.41, 5.74) is -5.44. The summed E-state index contributed by atoms with van der Waals surface area (Å²) in [6, 6.07) is 0. The average Bonchev–Trinajstić information content (AvgIpc) is 3.60. The molecular weight excluding hydrogens is 641 g/mol. The number of ether oxygens (including phenoxy) is 3. The molecule has 10 atom stereocenters. The van der Waals surface area contributed by atoms with Crippen molar-refractivity contribution in [2.45, 2.75) is 121 Å². The number of ketones is 2. The van der Waals surface area contributed by atoms with Crippen LogP contribution in [0.25, 0.3) is 0 Å². The molecule has 4 saturated carbocycles. The number of Topliss-reactive ketones (excluding diaryl/α,β-unsaturated/α-hetero) is 1. The summed E-state index contributed by atoms with van der Waals surface area (Å²) in [7, 11) is 0. The summed E-state index contributed by atoms with van der Waals surface area (Å²) in [6.07, 6.45) is 4.75. The van der Waals surface area contributed by atoms with Crippen LogP contribution in [0.5, 0.6) is 0 Å². The molecule has 13 heteroatoms. The molecule has 12 nitrogen and oxygen atoms in total. The zero-order valence-electron chi connectivity index (χ0n) is 28.3. The Morgan fingerprint density at radius 3 is 2.29 bits per heavy atom. The fourth-order valence-electron chi connectivity index (χ4n) is 10.7. The Labute approximate surface area is 283 Å². The molecule has 0 bridgehead atoms. The van der Waals surface area contributed by atoms with Crippen LogP contribution in [-0.4, -0.2) is 81.4 Å². The molecular formula is C36H44FNO11. The number of imide groups is 1. The molecule has 1 N–H and O–H groups in total. The van der Waals surface area contributed by atoms with Gasteiger partial charge in [-0.3, -0.25) is 24.0 Å². The Hall–Kier alpha value is -3.29. The van der Waals surface area contributed by atoms with Crippen molar-refractivity contribution in [2.24, 2.45) is 34.5 Å². The quantitative estimate of drug-likeness (QED) is 0.322. The minimum atomic E-state index is -2.11. The van der Waals surface area contributed by atoms with Gasteiger partial charge in [-0.25, -0.2) is 9.18 Å². The Morgan fingerprint density at radius 1 is 0.959 bits per heavy atom. The summed E-state index contributed by atoms with van der Waals surface area (Å²) in [6.45, 7) is 6.21. The number of alkyl halides is 1. The van der Waals surface area contributed by atoms with E-state index in [1.54, 1.807) is 26.8 Å². The van der Waals surface area contributed by atoms with Gasteiger partial charge in [0.15, 0.2) is 29.4 Å². The maximum absolute atomic E-state index is 17.7. The van der Waals surface area contributed by atoms with Crippen LogP contribution in [-0.2, 0) is 47.8 Å². The predicted molar refractivity (Wildman–Crippen MR) is 165 cm³/mol. The molecule has 266 valence electrons. The van der Waals surface area contributed by atoms with E-state index in [4.69, 9.17) is 19.0 Å². The number of carbonyl (C=O) groups is 6. The zero-order chi connectivity index (χ0) is 35.3. The van der Waals surface area contributed by atoms with Crippen molar-refractivity contribution in [2.75, 3.05) is 6.61 Å². The minimum absolute atomic E-state index is 0.0605. The van der Waals surface area contributed by atoms with Gasteiger partial charge < -0.3 is 24.2 Å². The molecule has 0 spiro atoms. The Morgan fingerprint density at radius 2 is 1.61 bits per heavy atom. The maximum Gasteiger partial charge on any atom is 0.337 e. The number of fused-ring (bicyclic) bond motifs is 7. The molecule has 7 aliphatic rings. The van der Waals surface area contributed by atoms with Gasteiger partial charge in [-0.1, -0.05) is 31.4 Å². The van der Waals surface area contributed by atoms with Crippen LogP contribution < -0.4 is 0 Å². The van der Waals surface area contributed by atoms with Crippen molar-refractivity contribution in [1.29, 1.82) is 0 Å². The van der Waals surface area contributed by atoms with E-state index in [2.05, 4.69) is 0 Å². The van der Waals surface area contributed by atoms with Gasteiger partial charge in [-0.2, -0.15) is 0 Å². The SMILES string of the molecule is CC1(C)O[C@@H]2C[C@H]3[C@@H]4CCC5=CC(=O)C=C[C@]5(C)[C@@]4(F)[C@@H](O)C[C@]3(C)[C@]2(C(=O)COC(=O)C2CCCCC2C(=O)ON2C(=O)CCC2=O)O1. The van der Waals surface area contributed by atoms with Gasteiger partial charge in [0.2, 0.25) is 5.78 Å². The molecule has 2 saturated heterocycles. The zero-order valence-corrected chi connectivity index (χ0v) is 28.3. The smallest absolute Gasteiger partial charge is 0.337 e. The van der Waals surface area contributed by atoms with Crippen molar-refractivity contribution in [3.63, 3.8) is 0 Å². The number of halogens is 1. The fourth-order valence-corrected chi connectivity index (χ4v) is 10.7. The number of allylic oxidation sites excluding steroid dienone is 4. The number of hydrogen-bond acceptors (Lipinski definition) is 11. The lowest BCUT2D eigenvalue weighted by Crippen LogP contribution is -2.70. The third-order valence-electron chi connectivity index (χ3n) is 13.0. The highest BCUT2D eigenvalue weighted by atomic mass is 19.1. The van der Waals surface area contributed by atoms with Gasteiger partial charge in [0.05, 0.1) is 24.0 Å². The molecule has 49 heavy (non-hydrogen) atoms. The molecule has 0 aromatic heterocycles. The van der Waals surface area contributed by atoms with E-state index in [9.17, 15) is 33.9 Å². The summed E-state index contributed by atoms with van der Waals surface area (Å²) >= 11 is 0. The van der Waals surface area contributed by atoms with Crippen LogP contribution in [0.4, 0.5) is 4.39 Å². The van der Waals surface area contributed by atoms with E-state index >= 15 is 4.39 Å². The number of aliphatic hydroxyl groups excluding tert-OH is 1. The summed E-state index contributed by atoms with van der Waals surface area (Å²) in [4.78, 5) is 82.4. The molecule has 7 rings (SSSR count). The second-order valence-electron chi connectivity index (χ2n) is 15.9. The van der Waals surface area contributed by atoms with E-state index in [0.29, 0.717) is 36.3 Å². The standard InChI is InChI=1S/C36H44FNO11/c1-32(2)47-27-16-24-23-10-9-19-15-20(39)13-14-33(19,3)35(23,37)25(40)17-34(24,4)36(27,49-32)26(41)18-46-30(44)21-7-5-6-8-22(21)31(45)48-38-28(42)11-12-29(38)43/h13-15,21-25,27,40H,5-12,16-18H2,1-4H3/t21?,22?,23-,24-,25-,27+,33-,34-,35-,36+/m0/s1. The molecule has 2 heterocycles. The van der Waals surface area contributed by atoms with Crippen LogP contribution in [0.1, 0.15) is 91.9 Å². The maximum atomic E-state index is 17.7. The summed E-state index contributed by atoms with van der Waals surface area (Å²) < 4.78 is 36.2. The Kier molecular flexibility index (Phi) is 7.92. The topological polar surface area (TPSA) is 163 Å². The summed E-state index contributed by atoms with van der Waals surface area (Å²) in [5.74, 6) is -7.95. The lowest BCUT2D eigenvalue weighted by Gasteiger charge is -2.62. The first-order valence-electron chi connectivity index (χ1n) is 17.5. The highest BCUT2D eigenvalue weighted by Gasteiger charge is 2.80. The van der Waals surface area contributed by atoms with Gasteiger partial charge >= 0.3 is 11.9 Å². The second-order valence-corrected chi connectivity index (χ2v) is 15.9. The number of nitrogens with zero attached hydrogens (tertiary/aromatic N) is 1. The molecule has 2 amide bonds. The second kappa shape index (κ2) is 11.4. The van der Waals surface area contributed by atoms with E-state index in [0.717, 1.165) is 0 Å². The number of amides is 2. The van der Waals surface area contributed by atoms with Gasteiger partial charge in [-0.15, -0.1) is 5.06 Å². The van der Waals surface area contributed by atoms with Gasteiger partial charge in [0, 0.05) is 29.6 Å². The third-order valence-corrected chi connectivity index (χ3v) is 13.0. The van der Waals surface area contributed by atoms with Gasteiger partial charge in [-0.05, 0) is 77.4 Å². The molecule has 2 unspecified atom stereocenters. The van der Waals surface area contributed by atoms with Crippen LogP contribution in [0.2, 0.25) is 0 Å². The lowest BCUT2D eigenvalue weighted by molar-refractivity contribution is -0.246. The number of hydroxylamine groups is 2. The number of esters is 1. The summed E-state index contributed by atoms with van der Waals surface area (Å²) in [5, 5.41) is 12.2. The van der Waals surface area contributed by atoms with E-state index in [1.165, 1.54) is 12.2 Å². The first-order chi connectivity index (χ1) is 23.0. The van der Waals surface area contributed by atoms with Crippen molar-refractivity contribution >= 4 is 35.3 Å². The number of carbonyl (C=O) groups excluding carboxylic acids is 6. The van der Waals surface area contributed by atoms with E-state index < -0.39 is 99.9 Å². The van der Waals surface area contributed by atoms with Gasteiger partial charge in [0.25, 0.3) is 11.8 Å². The molecule has 0 radical (unpaired) electrons. The Balaban J connectivity index is 1.13. The van der Waals surface area contributed by atoms with Crippen LogP contribution in [0.15, 0.2) is 23.8 Å². The average molecular weight is 686 g/mol. The van der Waals surface area contributed by atoms with Crippen molar-refractivity contribution < 1.29 is 57.3 Å². The number of hydrogen-bond donors (Lipinski definition) is 1. The minimum Gasteiger partial charge on any atom is -0.457 e. The first-order valence-corrected chi connectivity index (χ1v) is 17.5.